The van der Waals surface area contributed by atoms with Crippen LogP contribution in [-0.2, 0) is 16.1 Å². The van der Waals surface area contributed by atoms with Crippen molar-refractivity contribution in [3.05, 3.63) is 58.1 Å². The smallest absolute Gasteiger partial charge is 0.227 e. The lowest BCUT2D eigenvalue weighted by Crippen LogP contribution is -2.33. The summed E-state index contributed by atoms with van der Waals surface area (Å²) in [6.07, 6.45) is 0.182. The molecule has 142 valence electrons. The van der Waals surface area contributed by atoms with E-state index < -0.39 is 5.92 Å². The number of hydrogen-bond donors (Lipinski definition) is 1. The van der Waals surface area contributed by atoms with E-state index in [4.69, 9.17) is 16.3 Å². The molecule has 1 saturated heterocycles. The lowest BCUT2D eigenvalue weighted by atomic mass is 10.1. The molecule has 1 heterocycles. The van der Waals surface area contributed by atoms with Gasteiger partial charge < -0.3 is 15.0 Å². The topological polar surface area (TPSA) is 58.6 Å². The fourth-order valence-corrected chi connectivity index (χ4v) is 3.95. The minimum absolute atomic E-state index is 0.0821. The van der Waals surface area contributed by atoms with Gasteiger partial charge in [-0.3, -0.25) is 9.59 Å². The van der Waals surface area contributed by atoms with Crippen molar-refractivity contribution in [3.8, 4) is 5.75 Å². The molecule has 1 aliphatic heterocycles. The van der Waals surface area contributed by atoms with Gasteiger partial charge >= 0.3 is 0 Å². The number of rotatable bonds is 5. The Morgan fingerprint density at radius 2 is 2.04 bits per heavy atom. The zero-order valence-corrected chi connectivity index (χ0v) is 16.5. The zero-order chi connectivity index (χ0) is 19.6. The third kappa shape index (κ3) is 4.08. The van der Waals surface area contributed by atoms with Gasteiger partial charge in [-0.15, -0.1) is 0 Å². The Morgan fingerprint density at radius 3 is 2.74 bits per heavy atom. The Hall–Kier alpha value is -2.53. The highest BCUT2D eigenvalue weighted by atomic mass is 35.5. The van der Waals surface area contributed by atoms with Crippen LogP contribution >= 0.6 is 11.6 Å². The molecule has 27 heavy (non-hydrogen) atoms. The Balaban J connectivity index is 1.69. The molecule has 0 aliphatic carbocycles. The van der Waals surface area contributed by atoms with Gasteiger partial charge in [0, 0.05) is 25.1 Å². The molecule has 1 unspecified atom stereocenters. The van der Waals surface area contributed by atoms with E-state index >= 15 is 0 Å². The van der Waals surface area contributed by atoms with Gasteiger partial charge in [-0.2, -0.15) is 0 Å². The number of ether oxygens (including phenoxy) is 1. The lowest BCUT2D eigenvalue weighted by Gasteiger charge is -2.21. The van der Waals surface area contributed by atoms with Gasteiger partial charge in [0.25, 0.3) is 0 Å². The van der Waals surface area contributed by atoms with Crippen LogP contribution in [0.15, 0.2) is 36.4 Å². The van der Waals surface area contributed by atoms with Crippen LogP contribution in [0.2, 0.25) is 5.02 Å². The number of nitrogens with one attached hydrogen (secondary N) is 1. The summed E-state index contributed by atoms with van der Waals surface area (Å²) in [7, 11) is 1.60. The second-order valence-electron chi connectivity index (χ2n) is 6.85. The minimum Gasteiger partial charge on any atom is -0.496 e. The number of hydrogen-bond acceptors (Lipinski definition) is 3. The number of amides is 2. The zero-order valence-electron chi connectivity index (χ0n) is 15.7. The molecule has 5 nitrogen and oxygen atoms in total. The fourth-order valence-electron chi connectivity index (χ4n) is 3.52. The maximum Gasteiger partial charge on any atom is 0.227 e. The summed E-state index contributed by atoms with van der Waals surface area (Å²) in [6, 6.07) is 11.4. The van der Waals surface area contributed by atoms with Crippen molar-refractivity contribution >= 4 is 29.1 Å². The van der Waals surface area contributed by atoms with Crippen LogP contribution < -0.4 is 15.0 Å². The highest BCUT2D eigenvalue weighted by molar-refractivity contribution is 6.34. The van der Waals surface area contributed by atoms with Crippen LogP contribution in [0.25, 0.3) is 0 Å². The van der Waals surface area contributed by atoms with Gasteiger partial charge in [0.1, 0.15) is 5.75 Å². The van der Waals surface area contributed by atoms with Gasteiger partial charge in [-0.05, 0) is 37.1 Å². The molecule has 1 aliphatic rings. The van der Waals surface area contributed by atoms with Crippen molar-refractivity contribution in [1.82, 2.24) is 5.32 Å². The van der Waals surface area contributed by atoms with Crippen LogP contribution in [0.3, 0.4) is 0 Å². The third-order valence-electron chi connectivity index (χ3n) is 4.81. The quantitative estimate of drug-likeness (QED) is 0.853. The first-order chi connectivity index (χ1) is 12.9. The first-order valence-corrected chi connectivity index (χ1v) is 9.25. The predicted octanol–water partition coefficient (Wildman–Crippen LogP) is 3.63. The van der Waals surface area contributed by atoms with Crippen LogP contribution in [-0.4, -0.2) is 25.5 Å². The standard InChI is InChI=1S/C21H23ClN2O3/c1-13-8-14(2)20(17(22)9-13)24-12-16(10-19(24)25)21(26)23-11-15-6-4-5-7-18(15)27-3/h4-9,16H,10-12H2,1-3H3,(H,23,26). The van der Waals surface area contributed by atoms with Gasteiger partial charge in [0.2, 0.25) is 11.8 Å². The number of methoxy groups -OCH3 is 1. The highest BCUT2D eigenvalue weighted by Crippen LogP contribution is 2.35. The summed E-state index contributed by atoms with van der Waals surface area (Å²) >= 11 is 6.37. The number of halogens is 1. The van der Waals surface area contributed by atoms with Crippen molar-refractivity contribution in [1.29, 1.82) is 0 Å². The normalized spacial score (nSPS) is 16.5. The van der Waals surface area contributed by atoms with Crippen molar-refractivity contribution < 1.29 is 14.3 Å². The molecule has 1 fully saturated rings. The van der Waals surface area contributed by atoms with Gasteiger partial charge in [0.15, 0.2) is 0 Å². The van der Waals surface area contributed by atoms with Crippen molar-refractivity contribution in [2.24, 2.45) is 5.92 Å². The Kier molecular flexibility index (Phi) is 5.71. The van der Waals surface area contributed by atoms with E-state index in [0.29, 0.717) is 23.8 Å². The van der Waals surface area contributed by atoms with Crippen LogP contribution in [0, 0.1) is 19.8 Å². The summed E-state index contributed by atoms with van der Waals surface area (Å²) in [6.45, 7) is 4.58. The molecule has 0 bridgehead atoms. The molecule has 0 radical (unpaired) electrons. The largest absolute Gasteiger partial charge is 0.496 e. The summed E-state index contributed by atoms with van der Waals surface area (Å²) < 4.78 is 5.30. The SMILES string of the molecule is COc1ccccc1CNC(=O)C1CC(=O)N(c2c(C)cc(C)cc2Cl)C1. The molecule has 0 spiro atoms. The average Bonchev–Trinajstić information content (AvgIpc) is 3.00. The van der Waals surface area contributed by atoms with E-state index in [-0.39, 0.29) is 18.2 Å². The molecule has 0 aromatic heterocycles. The first-order valence-electron chi connectivity index (χ1n) is 8.87. The summed E-state index contributed by atoms with van der Waals surface area (Å²) in [5.41, 5.74) is 3.57. The predicted molar refractivity (Wildman–Crippen MR) is 106 cm³/mol. The van der Waals surface area contributed by atoms with E-state index in [1.807, 2.05) is 50.2 Å². The Morgan fingerprint density at radius 1 is 1.30 bits per heavy atom. The monoisotopic (exact) mass is 386 g/mol. The molecule has 6 heteroatoms. The number of carbonyl (C=O) groups excluding carboxylic acids is 2. The van der Waals surface area contributed by atoms with Crippen molar-refractivity contribution in [3.63, 3.8) is 0 Å². The first kappa shape index (κ1) is 19.2. The summed E-state index contributed by atoms with van der Waals surface area (Å²) in [5.74, 6) is 0.104. The molecule has 2 aromatic carbocycles. The molecule has 2 aromatic rings. The van der Waals surface area contributed by atoms with E-state index in [1.54, 1.807) is 12.0 Å². The van der Waals surface area contributed by atoms with E-state index in [0.717, 1.165) is 22.4 Å². The van der Waals surface area contributed by atoms with Crippen LogP contribution in [0.1, 0.15) is 23.1 Å². The maximum absolute atomic E-state index is 12.6. The molecule has 1 atom stereocenters. The second-order valence-corrected chi connectivity index (χ2v) is 7.25. The van der Waals surface area contributed by atoms with E-state index in [1.165, 1.54) is 0 Å². The fraction of sp³-hybridized carbons (Fsp3) is 0.333. The van der Waals surface area contributed by atoms with E-state index in [9.17, 15) is 9.59 Å². The number of carbonyl (C=O) groups is 2. The highest BCUT2D eigenvalue weighted by Gasteiger charge is 2.36. The lowest BCUT2D eigenvalue weighted by molar-refractivity contribution is -0.126. The van der Waals surface area contributed by atoms with Gasteiger partial charge in [-0.1, -0.05) is 35.9 Å². The number of anilines is 1. The van der Waals surface area contributed by atoms with Gasteiger partial charge in [-0.25, -0.2) is 0 Å². The summed E-state index contributed by atoms with van der Waals surface area (Å²) in [4.78, 5) is 26.8. The van der Waals surface area contributed by atoms with Crippen LogP contribution in [0.5, 0.6) is 5.75 Å². The average molecular weight is 387 g/mol. The summed E-state index contributed by atoms with van der Waals surface area (Å²) in [5, 5.41) is 3.45. The Labute approximate surface area is 164 Å². The maximum atomic E-state index is 12.6. The second kappa shape index (κ2) is 8.01. The third-order valence-corrected chi connectivity index (χ3v) is 5.10. The van der Waals surface area contributed by atoms with Crippen molar-refractivity contribution in [2.45, 2.75) is 26.8 Å². The molecular weight excluding hydrogens is 364 g/mol. The molecule has 2 amide bonds. The number of nitrogens with zero attached hydrogens (tertiary/aromatic N) is 1. The molecule has 3 rings (SSSR count). The molecule has 1 N–H and O–H groups in total. The van der Waals surface area contributed by atoms with Crippen LogP contribution in [0.4, 0.5) is 5.69 Å². The minimum atomic E-state index is -0.399. The molecular formula is C21H23ClN2O3. The Bertz CT molecular complexity index is 858. The van der Waals surface area contributed by atoms with E-state index in [2.05, 4.69) is 5.32 Å². The molecule has 0 saturated carbocycles. The number of aryl methyl sites for hydroxylation is 2. The van der Waals surface area contributed by atoms with Crippen molar-refractivity contribution in [2.75, 3.05) is 18.6 Å². The van der Waals surface area contributed by atoms with Gasteiger partial charge in [0.05, 0.1) is 23.7 Å². The number of benzene rings is 2. The number of para-hydroxylation sites is 1.